The maximum atomic E-state index is 13.3. The summed E-state index contributed by atoms with van der Waals surface area (Å²) < 4.78 is 32.3. The van der Waals surface area contributed by atoms with Crippen molar-refractivity contribution in [1.82, 2.24) is 4.90 Å². The third-order valence-electron chi connectivity index (χ3n) is 5.24. The van der Waals surface area contributed by atoms with Crippen LogP contribution in [0, 0.1) is 11.6 Å². The molecule has 0 spiro atoms. The highest BCUT2D eigenvalue weighted by molar-refractivity contribution is 5.74. The van der Waals surface area contributed by atoms with Crippen LogP contribution in [0.15, 0.2) is 48.5 Å². The first-order chi connectivity index (χ1) is 13.3. The van der Waals surface area contributed by atoms with Crippen LogP contribution in [0.25, 0.3) is 0 Å². The van der Waals surface area contributed by atoms with E-state index in [1.54, 1.807) is 29.2 Å². The van der Waals surface area contributed by atoms with Crippen molar-refractivity contribution in [3.8, 4) is 0 Å². The minimum absolute atomic E-state index is 0.0399. The first-order valence-corrected chi connectivity index (χ1v) is 9.10. The molecule has 1 heterocycles. The van der Waals surface area contributed by atoms with Gasteiger partial charge in [-0.05, 0) is 42.3 Å². The van der Waals surface area contributed by atoms with E-state index in [9.17, 15) is 18.4 Å². The van der Waals surface area contributed by atoms with E-state index in [-0.39, 0.29) is 24.7 Å². The Labute approximate surface area is 162 Å². The molecule has 1 aliphatic rings. The minimum Gasteiger partial charge on any atom is -0.438 e. The van der Waals surface area contributed by atoms with Gasteiger partial charge in [-0.2, -0.15) is 0 Å². The molecule has 2 N–H and O–H groups in total. The second kappa shape index (κ2) is 7.96. The third-order valence-corrected chi connectivity index (χ3v) is 5.24. The van der Waals surface area contributed by atoms with E-state index in [1.807, 2.05) is 6.92 Å². The zero-order chi connectivity index (χ0) is 20.3. The van der Waals surface area contributed by atoms with E-state index in [2.05, 4.69) is 0 Å². The molecule has 2 aromatic rings. The van der Waals surface area contributed by atoms with Crippen LogP contribution < -0.4 is 5.73 Å². The van der Waals surface area contributed by atoms with Crippen LogP contribution in [0.1, 0.15) is 43.4 Å². The number of halogens is 2. The number of rotatable bonds is 6. The van der Waals surface area contributed by atoms with Crippen molar-refractivity contribution in [2.45, 2.75) is 37.8 Å². The predicted octanol–water partition coefficient (Wildman–Crippen LogP) is 4.03. The van der Waals surface area contributed by atoms with Gasteiger partial charge in [-0.3, -0.25) is 4.79 Å². The van der Waals surface area contributed by atoms with Crippen molar-refractivity contribution in [1.29, 1.82) is 0 Å². The highest BCUT2D eigenvalue weighted by Gasteiger charge is 2.43. The molecule has 1 fully saturated rings. The summed E-state index contributed by atoms with van der Waals surface area (Å²) in [6.45, 7) is 2.20. The predicted molar refractivity (Wildman–Crippen MR) is 99.1 cm³/mol. The largest absolute Gasteiger partial charge is 0.438 e. The van der Waals surface area contributed by atoms with E-state index in [0.717, 1.165) is 5.56 Å². The molecule has 3 rings (SSSR count). The summed E-state index contributed by atoms with van der Waals surface area (Å²) >= 11 is 0. The number of hydrogen-bond acceptors (Lipinski definition) is 3. The Hall–Kier alpha value is -2.96. The van der Waals surface area contributed by atoms with E-state index < -0.39 is 23.4 Å². The lowest BCUT2D eigenvalue weighted by atomic mass is 9.84. The van der Waals surface area contributed by atoms with Gasteiger partial charge in [0.15, 0.2) is 0 Å². The van der Waals surface area contributed by atoms with Gasteiger partial charge < -0.3 is 15.4 Å². The van der Waals surface area contributed by atoms with Crippen molar-refractivity contribution in [3.05, 3.63) is 71.3 Å². The summed E-state index contributed by atoms with van der Waals surface area (Å²) in [5, 5.41) is 0. The highest BCUT2D eigenvalue weighted by atomic mass is 19.1. The summed E-state index contributed by atoms with van der Waals surface area (Å²) in [4.78, 5) is 25.7. The molecule has 2 amide bonds. The first kappa shape index (κ1) is 19.8. The normalized spacial score (nSPS) is 20.5. The number of ether oxygens (including phenoxy) is 1. The summed E-state index contributed by atoms with van der Waals surface area (Å²) in [5.41, 5.74) is 5.65. The molecule has 0 unspecified atom stereocenters. The van der Waals surface area contributed by atoms with E-state index in [4.69, 9.17) is 10.5 Å². The number of primary amides is 1. The third kappa shape index (κ3) is 4.13. The van der Waals surface area contributed by atoms with Gasteiger partial charge in [0.25, 0.3) is 0 Å². The van der Waals surface area contributed by atoms with Gasteiger partial charge >= 0.3 is 6.09 Å². The lowest BCUT2D eigenvalue weighted by molar-refractivity contribution is -0.121. The van der Waals surface area contributed by atoms with E-state index >= 15 is 0 Å². The maximum absolute atomic E-state index is 13.3. The Morgan fingerprint density at radius 3 is 2.25 bits per heavy atom. The molecule has 0 aliphatic carbocycles. The van der Waals surface area contributed by atoms with E-state index in [0.29, 0.717) is 18.5 Å². The van der Waals surface area contributed by atoms with Crippen LogP contribution >= 0.6 is 0 Å². The SMILES string of the molecule is C[C@@H](c1ccc(F)cc1)N1CC[C@](CCC(N)=O)(c2ccc(F)cc2)OC1=O. The van der Waals surface area contributed by atoms with Gasteiger partial charge in [-0.1, -0.05) is 24.3 Å². The Bertz CT molecular complexity index is 855. The summed E-state index contributed by atoms with van der Waals surface area (Å²) in [5.74, 6) is -1.25. The molecular formula is C21H22F2N2O3. The fourth-order valence-corrected chi connectivity index (χ4v) is 3.54. The maximum Gasteiger partial charge on any atom is 0.411 e. The number of nitrogens with two attached hydrogens (primary N) is 1. The quantitative estimate of drug-likeness (QED) is 0.812. The average Bonchev–Trinajstić information content (AvgIpc) is 2.67. The number of carbonyl (C=O) groups excluding carboxylic acids is 2. The number of benzene rings is 2. The lowest BCUT2D eigenvalue weighted by Crippen LogP contribution is -2.49. The Morgan fingerprint density at radius 1 is 1.14 bits per heavy atom. The van der Waals surface area contributed by atoms with Crippen molar-refractivity contribution < 1.29 is 23.1 Å². The fourth-order valence-electron chi connectivity index (χ4n) is 3.54. The number of amides is 2. The van der Waals surface area contributed by atoms with Crippen molar-refractivity contribution >= 4 is 12.0 Å². The van der Waals surface area contributed by atoms with Crippen molar-refractivity contribution in [3.63, 3.8) is 0 Å². The molecule has 2 atom stereocenters. The molecule has 0 saturated carbocycles. The highest BCUT2D eigenvalue weighted by Crippen LogP contribution is 2.40. The van der Waals surface area contributed by atoms with E-state index in [1.165, 1.54) is 24.3 Å². The molecule has 28 heavy (non-hydrogen) atoms. The van der Waals surface area contributed by atoms with Gasteiger partial charge in [0, 0.05) is 25.8 Å². The van der Waals surface area contributed by atoms with Crippen LogP contribution in [-0.2, 0) is 15.1 Å². The van der Waals surface area contributed by atoms with Crippen LogP contribution in [0.5, 0.6) is 0 Å². The van der Waals surface area contributed by atoms with Gasteiger partial charge in [0.05, 0.1) is 6.04 Å². The van der Waals surface area contributed by atoms with Crippen LogP contribution in [-0.4, -0.2) is 23.4 Å². The number of hydrogen-bond donors (Lipinski definition) is 1. The molecule has 148 valence electrons. The number of nitrogens with zero attached hydrogens (tertiary/aromatic N) is 1. The van der Waals surface area contributed by atoms with Gasteiger partial charge in [0.2, 0.25) is 5.91 Å². The molecule has 2 aromatic carbocycles. The van der Waals surface area contributed by atoms with Crippen LogP contribution in [0.3, 0.4) is 0 Å². The van der Waals surface area contributed by atoms with Gasteiger partial charge in [0.1, 0.15) is 17.2 Å². The fraction of sp³-hybridized carbons (Fsp3) is 0.333. The summed E-state index contributed by atoms with van der Waals surface area (Å²) in [7, 11) is 0. The summed E-state index contributed by atoms with van der Waals surface area (Å²) in [6, 6.07) is 11.3. The molecule has 1 aliphatic heterocycles. The Balaban J connectivity index is 1.83. The monoisotopic (exact) mass is 388 g/mol. The standard InChI is InChI=1S/C21H22F2N2O3/c1-14(15-2-6-17(22)7-3-15)25-13-12-21(28-20(25)27,11-10-19(24)26)16-4-8-18(23)9-5-16/h2-9,14H,10-13H2,1H3,(H2,24,26)/t14-,21+/m0/s1. The minimum atomic E-state index is -1.04. The molecule has 7 heteroatoms. The molecule has 0 radical (unpaired) electrons. The van der Waals surface area contributed by atoms with Crippen LogP contribution in [0.2, 0.25) is 0 Å². The van der Waals surface area contributed by atoms with Crippen molar-refractivity contribution in [2.75, 3.05) is 6.54 Å². The Morgan fingerprint density at radius 2 is 1.71 bits per heavy atom. The zero-order valence-electron chi connectivity index (χ0n) is 15.5. The van der Waals surface area contributed by atoms with Crippen molar-refractivity contribution in [2.24, 2.45) is 5.73 Å². The molecular weight excluding hydrogens is 366 g/mol. The average molecular weight is 388 g/mol. The molecule has 1 saturated heterocycles. The molecule has 5 nitrogen and oxygen atoms in total. The smallest absolute Gasteiger partial charge is 0.411 e. The summed E-state index contributed by atoms with van der Waals surface area (Å²) in [6.07, 6.45) is 0.136. The first-order valence-electron chi connectivity index (χ1n) is 9.10. The van der Waals surface area contributed by atoms with Gasteiger partial charge in [-0.25, -0.2) is 13.6 Å². The van der Waals surface area contributed by atoms with Crippen LogP contribution in [0.4, 0.5) is 13.6 Å². The number of carbonyl (C=O) groups is 2. The van der Waals surface area contributed by atoms with Gasteiger partial charge in [-0.15, -0.1) is 0 Å². The molecule has 0 bridgehead atoms. The topological polar surface area (TPSA) is 72.6 Å². The second-order valence-corrected chi connectivity index (χ2v) is 7.01. The Kier molecular flexibility index (Phi) is 5.63. The molecule has 0 aromatic heterocycles. The number of cyclic esters (lactones) is 1. The lowest BCUT2D eigenvalue weighted by Gasteiger charge is -2.43. The second-order valence-electron chi connectivity index (χ2n) is 7.01. The zero-order valence-corrected chi connectivity index (χ0v) is 15.5.